The molecule has 0 aliphatic heterocycles. The third-order valence-corrected chi connectivity index (χ3v) is 4.82. The Morgan fingerprint density at radius 2 is 1.88 bits per heavy atom. The minimum Gasteiger partial charge on any atom is -0.330 e. The topological polar surface area (TPSA) is 26.0 Å². The van der Waals surface area contributed by atoms with Gasteiger partial charge in [-0.05, 0) is 48.8 Å². The minimum atomic E-state index is 0.123. The Kier molecular flexibility index (Phi) is 2.30. The van der Waals surface area contributed by atoms with Crippen LogP contribution in [0.4, 0.5) is 0 Å². The lowest BCUT2D eigenvalue weighted by Gasteiger charge is -2.49. The van der Waals surface area contributed by atoms with E-state index in [9.17, 15) is 0 Å². The van der Waals surface area contributed by atoms with Gasteiger partial charge in [0.1, 0.15) is 0 Å². The van der Waals surface area contributed by atoms with Gasteiger partial charge < -0.3 is 5.73 Å². The van der Waals surface area contributed by atoms with Gasteiger partial charge >= 0.3 is 0 Å². The van der Waals surface area contributed by atoms with Crippen LogP contribution in [0.3, 0.4) is 0 Å². The third-order valence-electron chi connectivity index (χ3n) is 4.28. The van der Waals surface area contributed by atoms with Crippen molar-refractivity contribution < 1.29 is 0 Å². The van der Waals surface area contributed by atoms with Gasteiger partial charge in [-0.3, -0.25) is 0 Å². The van der Waals surface area contributed by atoms with E-state index >= 15 is 0 Å². The molecule has 0 radical (unpaired) electrons. The van der Waals surface area contributed by atoms with Crippen molar-refractivity contribution in [2.75, 3.05) is 6.54 Å². The van der Waals surface area contributed by atoms with Gasteiger partial charge in [0, 0.05) is 22.0 Å². The fraction of sp³-hybridized carbons (Fsp3) is 0.538. The molecule has 1 aromatic rings. The molecule has 0 heterocycles. The number of hydrogen-bond acceptors (Lipinski definition) is 1. The Morgan fingerprint density at radius 1 is 1.19 bits per heavy atom. The van der Waals surface area contributed by atoms with Gasteiger partial charge in [0.2, 0.25) is 0 Å². The molecule has 0 unspecified atom stereocenters. The first-order valence-corrected chi connectivity index (χ1v) is 6.51. The van der Waals surface area contributed by atoms with Crippen molar-refractivity contribution in [1.82, 2.24) is 0 Å². The summed E-state index contributed by atoms with van der Waals surface area (Å²) < 4.78 is 0. The highest BCUT2D eigenvalue weighted by Crippen LogP contribution is 2.69. The van der Waals surface area contributed by atoms with Crippen LogP contribution in [0.15, 0.2) is 18.2 Å². The molecule has 16 heavy (non-hydrogen) atoms. The average molecular weight is 256 g/mol. The minimum absolute atomic E-state index is 0.123. The summed E-state index contributed by atoms with van der Waals surface area (Å²) in [5, 5.41) is 1.47. The molecule has 0 amide bonds. The summed E-state index contributed by atoms with van der Waals surface area (Å²) in [6, 6.07) is 5.79. The van der Waals surface area contributed by atoms with Crippen molar-refractivity contribution in [3.8, 4) is 0 Å². The highest BCUT2D eigenvalue weighted by Gasteiger charge is 2.61. The van der Waals surface area contributed by atoms with Crippen LogP contribution in [0.25, 0.3) is 0 Å². The summed E-state index contributed by atoms with van der Waals surface area (Å²) in [6.45, 7) is 0.691. The van der Waals surface area contributed by atoms with Crippen molar-refractivity contribution in [3.05, 3.63) is 33.8 Å². The van der Waals surface area contributed by atoms with Crippen LogP contribution < -0.4 is 5.73 Å². The molecule has 0 saturated heterocycles. The predicted molar refractivity (Wildman–Crippen MR) is 68.1 cm³/mol. The Morgan fingerprint density at radius 3 is 2.38 bits per heavy atom. The SMILES string of the molecule is NCC1(c2ccc(Cl)cc2Cl)CC2(CC2)C1. The first-order valence-electron chi connectivity index (χ1n) is 5.75. The predicted octanol–water partition coefficient (Wildman–Crippen LogP) is 3.76. The maximum atomic E-state index is 6.28. The van der Waals surface area contributed by atoms with E-state index in [0.29, 0.717) is 17.0 Å². The number of nitrogens with two attached hydrogens (primary N) is 1. The molecule has 1 nitrogen and oxygen atoms in total. The first-order chi connectivity index (χ1) is 7.59. The molecule has 0 atom stereocenters. The molecule has 3 heteroatoms. The molecule has 0 bridgehead atoms. The summed E-state index contributed by atoms with van der Waals surface area (Å²) in [6.07, 6.45) is 5.16. The van der Waals surface area contributed by atoms with E-state index in [1.807, 2.05) is 18.2 Å². The van der Waals surface area contributed by atoms with Crippen molar-refractivity contribution in [2.24, 2.45) is 11.1 Å². The molecule has 86 valence electrons. The zero-order valence-corrected chi connectivity index (χ0v) is 10.6. The van der Waals surface area contributed by atoms with Crippen LogP contribution in [-0.4, -0.2) is 6.54 Å². The molecule has 2 aliphatic rings. The fourth-order valence-corrected chi connectivity index (χ4v) is 3.89. The fourth-order valence-electron chi connectivity index (χ4n) is 3.28. The van der Waals surface area contributed by atoms with Gasteiger partial charge in [-0.2, -0.15) is 0 Å². The van der Waals surface area contributed by atoms with E-state index < -0.39 is 0 Å². The second-order valence-corrected chi connectivity index (χ2v) is 6.31. The Labute approximate surface area is 106 Å². The van der Waals surface area contributed by atoms with Crippen LogP contribution in [0.2, 0.25) is 10.0 Å². The normalized spacial score (nSPS) is 24.2. The summed E-state index contributed by atoms with van der Waals surface area (Å²) in [7, 11) is 0. The van der Waals surface area contributed by atoms with E-state index in [1.54, 1.807) is 0 Å². The number of benzene rings is 1. The van der Waals surface area contributed by atoms with E-state index in [2.05, 4.69) is 0 Å². The summed E-state index contributed by atoms with van der Waals surface area (Å²) in [4.78, 5) is 0. The highest BCUT2D eigenvalue weighted by atomic mass is 35.5. The number of rotatable bonds is 2. The lowest BCUT2D eigenvalue weighted by Crippen LogP contribution is -2.48. The Bertz CT molecular complexity index is 430. The quantitative estimate of drug-likeness (QED) is 0.856. The van der Waals surface area contributed by atoms with Crippen LogP contribution in [-0.2, 0) is 5.41 Å². The molecular formula is C13H15Cl2N. The molecular weight excluding hydrogens is 241 g/mol. The maximum Gasteiger partial charge on any atom is 0.0458 e. The van der Waals surface area contributed by atoms with E-state index in [-0.39, 0.29) is 5.41 Å². The van der Waals surface area contributed by atoms with E-state index in [0.717, 1.165) is 5.02 Å². The van der Waals surface area contributed by atoms with Crippen molar-refractivity contribution in [1.29, 1.82) is 0 Å². The second-order valence-electron chi connectivity index (χ2n) is 5.46. The molecule has 2 N–H and O–H groups in total. The monoisotopic (exact) mass is 255 g/mol. The molecule has 3 rings (SSSR count). The van der Waals surface area contributed by atoms with Gasteiger partial charge in [0.15, 0.2) is 0 Å². The maximum absolute atomic E-state index is 6.28. The van der Waals surface area contributed by atoms with Gasteiger partial charge in [-0.1, -0.05) is 29.3 Å². The largest absolute Gasteiger partial charge is 0.330 e. The van der Waals surface area contributed by atoms with E-state index in [4.69, 9.17) is 28.9 Å². The lowest BCUT2D eigenvalue weighted by atomic mass is 9.56. The van der Waals surface area contributed by atoms with Crippen LogP contribution in [0.5, 0.6) is 0 Å². The van der Waals surface area contributed by atoms with Crippen LogP contribution in [0.1, 0.15) is 31.2 Å². The third kappa shape index (κ3) is 1.49. The molecule has 2 aliphatic carbocycles. The van der Waals surface area contributed by atoms with Crippen molar-refractivity contribution >= 4 is 23.2 Å². The Balaban J connectivity index is 1.95. The van der Waals surface area contributed by atoms with Gasteiger partial charge in [-0.25, -0.2) is 0 Å². The Hall–Kier alpha value is -0.240. The molecule has 2 fully saturated rings. The van der Waals surface area contributed by atoms with Crippen LogP contribution in [0, 0.1) is 5.41 Å². The van der Waals surface area contributed by atoms with Gasteiger partial charge in [-0.15, -0.1) is 0 Å². The zero-order valence-electron chi connectivity index (χ0n) is 9.10. The second kappa shape index (κ2) is 3.38. The van der Waals surface area contributed by atoms with Crippen LogP contribution >= 0.6 is 23.2 Å². The summed E-state index contributed by atoms with van der Waals surface area (Å²) in [5.74, 6) is 0. The smallest absolute Gasteiger partial charge is 0.0458 e. The number of halogens is 2. The summed E-state index contributed by atoms with van der Waals surface area (Å²) in [5.41, 5.74) is 7.91. The zero-order chi connectivity index (χ0) is 11.4. The van der Waals surface area contributed by atoms with Crippen molar-refractivity contribution in [3.63, 3.8) is 0 Å². The highest BCUT2D eigenvalue weighted by molar-refractivity contribution is 6.35. The lowest BCUT2D eigenvalue weighted by molar-refractivity contribution is 0.126. The van der Waals surface area contributed by atoms with Gasteiger partial charge in [0.25, 0.3) is 0 Å². The molecule has 1 aromatic carbocycles. The standard InChI is InChI=1S/C13H15Cl2N/c14-9-1-2-10(11(15)5-9)13(8-16)6-12(7-13)3-4-12/h1-2,5H,3-4,6-8,16H2. The molecule has 1 spiro atoms. The van der Waals surface area contributed by atoms with Gasteiger partial charge in [0.05, 0.1) is 0 Å². The summed E-state index contributed by atoms with van der Waals surface area (Å²) >= 11 is 12.2. The first kappa shape index (κ1) is 10.9. The van der Waals surface area contributed by atoms with E-state index in [1.165, 1.54) is 31.2 Å². The average Bonchev–Trinajstić information content (AvgIpc) is 2.95. The van der Waals surface area contributed by atoms with Crippen molar-refractivity contribution in [2.45, 2.75) is 31.1 Å². The molecule has 0 aromatic heterocycles. The molecule has 2 saturated carbocycles. The number of hydrogen-bond donors (Lipinski definition) is 1.